The van der Waals surface area contributed by atoms with E-state index in [1.54, 1.807) is 13.8 Å². The van der Waals surface area contributed by atoms with E-state index in [1.165, 1.54) is 0 Å². The Morgan fingerprint density at radius 1 is 1.35 bits per heavy atom. The molecule has 1 unspecified atom stereocenters. The molecule has 1 aliphatic rings. The van der Waals surface area contributed by atoms with Gasteiger partial charge < -0.3 is 14.6 Å². The highest BCUT2D eigenvalue weighted by molar-refractivity contribution is 5.76. The largest absolute Gasteiger partial charge is 0.481 e. The van der Waals surface area contributed by atoms with Crippen LogP contribution in [0.1, 0.15) is 53.4 Å². The maximum absolute atomic E-state index is 11.3. The third-order valence-corrected chi connectivity index (χ3v) is 2.14. The number of carboxylic acids is 1. The van der Waals surface area contributed by atoms with Gasteiger partial charge in [0.05, 0.1) is 0 Å². The molecular formula is C12H22O5. The van der Waals surface area contributed by atoms with Gasteiger partial charge in [-0.2, -0.15) is 0 Å². The Kier molecular flexibility index (Phi) is 6.80. The molecule has 1 saturated heterocycles. The van der Waals surface area contributed by atoms with Gasteiger partial charge in [0.25, 0.3) is 0 Å². The first-order chi connectivity index (χ1) is 7.91. The Bertz CT molecular complexity index is 260. The number of ether oxygens (including phenoxy) is 2. The molecule has 0 amide bonds. The van der Waals surface area contributed by atoms with Crippen LogP contribution in [0.2, 0.25) is 0 Å². The van der Waals surface area contributed by atoms with E-state index in [-0.39, 0.29) is 12.4 Å². The number of rotatable bonds is 5. The number of carbonyl (C=O) groups excluding carboxylic acids is 1. The van der Waals surface area contributed by atoms with Crippen molar-refractivity contribution in [2.45, 2.75) is 65.3 Å². The summed E-state index contributed by atoms with van der Waals surface area (Å²) in [6.07, 6.45) is 1.33. The smallest absolute Gasteiger partial charge is 0.337 e. The second kappa shape index (κ2) is 7.27. The van der Waals surface area contributed by atoms with Gasteiger partial charge in [0.1, 0.15) is 0 Å². The number of cyclic esters (lactones) is 1. The standard InChI is InChI=1S/C10H16O5.C2H6/c1-10(2)14-7(9(13)15-10)5-3-4-6-8(11)12;1-2/h7H,3-6H2,1-2H3,(H,11,12);1-2H3. The number of carbonyl (C=O) groups is 2. The fourth-order valence-corrected chi connectivity index (χ4v) is 1.51. The molecule has 1 N–H and O–H groups in total. The Labute approximate surface area is 102 Å². The van der Waals surface area contributed by atoms with Gasteiger partial charge in [-0.15, -0.1) is 0 Å². The van der Waals surface area contributed by atoms with Crippen molar-refractivity contribution in [1.82, 2.24) is 0 Å². The van der Waals surface area contributed by atoms with Gasteiger partial charge in [-0.25, -0.2) is 4.79 Å². The maximum atomic E-state index is 11.3. The van der Waals surface area contributed by atoms with Crippen molar-refractivity contribution < 1.29 is 24.2 Å². The van der Waals surface area contributed by atoms with Crippen LogP contribution in [-0.4, -0.2) is 28.9 Å². The van der Waals surface area contributed by atoms with Crippen LogP contribution in [0.25, 0.3) is 0 Å². The fraction of sp³-hybridized carbons (Fsp3) is 0.833. The Morgan fingerprint density at radius 2 is 1.94 bits per heavy atom. The third kappa shape index (κ3) is 6.26. The molecule has 0 bridgehead atoms. The van der Waals surface area contributed by atoms with E-state index in [0.717, 1.165) is 0 Å². The molecule has 1 aliphatic heterocycles. The molecule has 0 aromatic carbocycles. The van der Waals surface area contributed by atoms with Crippen molar-refractivity contribution in [3.8, 4) is 0 Å². The topological polar surface area (TPSA) is 72.8 Å². The minimum absolute atomic E-state index is 0.130. The van der Waals surface area contributed by atoms with Crippen LogP contribution in [0.4, 0.5) is 0 Å². The van der Waals surface area contributed by atoms with Crippen molar-refractivity contribution in [3.63, 3.8) is 0 Å². The van der Waals surface area contributed by atoms with Gasteiger partial charge in [-0.05, 0) is 19.3 Å². The Balaban J connectivity index is 0.00000121. The average molecular weight is 246 g/mol. The van der Waals surface area contributed by atoms with Crippen molar-refractivity contribution in [1.29, 1.82) is 0 Å². The predicted octanol–water partition coefficient (Wildman–Crippen LogP) is 2.34. The van der Waals surface area contributed by atoms with Crippen LogP contribution >= 0.6 is 0 Å². The average Bonchev–Trinajstić information content (AvgIpc) is 2.49. The number of unbranched alkanes of at least 4 members (excludes halogenated alkanes) is 1. The molecule has 0 aromatic rings. The van der Waals surface area contributed by atoms with E-state index in [9.17, 15) is 9.59 Å². The van der Waals surface area contributed by atoms with Crippen LogP contribution in [0, 0.1) is 0 Å². The summed E-state index contributed by atoms with van der Waals surface area (Å²) in [6, 6.07) is 0. The van der Waals surface area contributed by atoms with Gasteiger partial charge in [0.15, 0.2) is 6.10 Å². The molecule has 0 aliphatic carbocycles. The monoisotopic (exact) mass is 246 g/mol. The van der Waals surface area contributed by atoms with Crippen molar-refractivity contribution in [2.24, 2.45) is 0 Å². The molecular weight excluding hydrogens is 224 g/mol. The SMILES string of the molecule is CC.CC1(C)OC(=O)C(CCCCC(=O)O)O1. The minimum atomic E-state index is -0.839. The fourth-order valence-electron chi connectivity index (χ4n) is 1.51. The second-order valence-electron chi connectivity index (χ2n) is 4.07. The first-order valence-corrected chi connectivity index (χ1v) is 6.03. The summed E-state index contributed by atoms with van der Waals surface area (Å²) in [5, 5.41) is 8.42. The number of hydrogen-bond donors (Lipinski definition) is 1. The highest BCUT2D eigenvalue weighted by atomic mass is 16.8. The molecule has 17 heavy (non-hydrogen) atoms. The Hall–Kier alpha value is -1.10. The lowest BCUT2D eigenvalue weighted by atomic mass is 10.1. The van der Waals surface area contributed by atoms with Gasteiger partial charge in [-0.3, -0.25) is 4.79 Å². The summed E-state index contributed by atoms with van der Waals surface area (Å²) in [5.41, 5.74) is 0. The zero-order valence-electron chi connectivity index (χ0n) is 11.0. The maximum Gasteiger partial charge on any atom is 0.337 e. The first kappa shape index (κ1) is 15.9. The lowest BCUT2D eigenvalue weighted by Crippen LogP contribution is -2.21. The summed E-state index contributed by atoms with van der Waals surface area (Å²) >= 11 is 0. The van der Waals surface area contributed by atoms with Gasteiger partial charge in [0.2, 0.25) is 5.79 Å². The van der Waals surface area contributed by atoms with Crippen molar-refractivity contribution >= 4 is 11.9 Å². The number of aliphatic carboxylic acids is 1. The highest BCUT2D eigenvalue weighted by Crippen LogP contribution is 2.26. The molecule has 5 nitrogen and oxygen atoms in total. The molecule has 1 heterocycles. The van der Waals surface area contributed by atoms with Crippen LogP contribution in [-0.2, 0) is 19.1 Å². The van der Waals surface area contributed by atoms with E-state index < -0.39 is 17.9 Å². The van der Waals surface area contributed by atoms with Gasteiger partial charge in [0, 0.05) is 20.3 Å². The van der Waals surface area contributed by atoms with Crippen molar-refractivity contribution in [3.05, 3.63) is 0 Å². The highest BCUT2D eigenvalue weighted by Gasteiger charge is 2.40. The van der Waals surface area contributed by atoms with Crippen LogP contribution in [0.15, 0.2) is 0 Å². The normalized spacial score (nSPS) is 21.4. The van der Waals surface area contributed by atoms with Crippen LogP contribution < -0.4 is 0 Å². The number of hydrogen-bond acceptors (Lipinski definition) is 4. The van der Waals surface area contributed by atoms with Crippen LogP contribution in [0.3, 0.4) is 0 Å². The first-order valence-electron chi connectivity index (χ1n) is 6.03. The van der Waals surface area contributed by atoms with E-state index in [1.807, 2.05) is 13.8 Å². The molecule has 1 rings (SSSR count). The molecule has 0 saturated carbocycles. The lowest BCUT2D eigenvalue weighted by Gasteiger charge is -2.15. The zero-order chi connectivity index (χ0) is 13.5. The quantitative estimate of drug-likeness (QED) is 0.595. The zero-order valence-corrected chi connectivity index (χ0v) is 11.0. The summed E-state index contributed by atoms with van der Waals surface area (Å²) in [6.45, 7) is 7.37. The minimum Gasteiger partial charge on any atom is -0.481 e. The molecule has 0 radical (unpaired) electrons. The van der Waals surface area contributed by atoms with Gasteiger partial charge >= 0.3 is 11.9 Å². The van der Waals surface area contributed by atoms with E-state index in [2.05, 4.69) is 0 Å². The van der Waals surface area contributed by atoms with Crippen molar-refractivity contribution in [2.75, 3.05) is 0 Å². The molecule has 1 fully saturated rings. The summed E-state index contributed by atoms with van der Waals surface area (Å²) in [7, 11) is 0. The number of esters is 1. The summed E-state index contributed by atoms with van der Waals surface area (Å²) < 4.78 is 10.3. The molecule has 0 spiro atoms. The summed E-state index contributed by atoms with van der Waals surface area (Å²) in [5.74, 6) is -2.00. The molecule has 0 aromatic heterocycles. The second-order valence-corrected chi connectivity index (χ2v) is 4.07. The predicted molar refractivity (Wildman–Crippen MR) is 62.5 cm³/mol. The third-order valence-electron chi connectivity index (χ3n) is 2.14. The van der Waals surface area contributed by atoms with Gasteiger partial charge in [-0.1, -0.05) is 13.8 Å². The lowest BCUT2D eigenvalue weighted by molar-refractivity contribution is -0.161. The Morgan fingerprint density at radius 3 is 2.35 bits per heavy atom. The molecule has 1 atom stereocenters. The number of carboxylic acid groups (broad SMARTS) is 1. The molecule has 100 valence electrons. The molecule has 5 heteroatoms. The summed E-state index contributed by atoms with van der Waals surface area (Å²) in [4.78, 5) is 21.5. The van der Waals surface area contributed by atoms with E-state index in [4.69, 9.17) is 14.6 Å². The van der Waals surface area contributed by atoms with E-state index in [0.29, 0.717) is 19.3 Å². The van der Waals surface area contributed by atoms with Crippen LogP contribution in [0.5, 0.6) is 0 Å². The van der Waals surface area contributed by atoms with E-state index >= 15 is 0 Å².